The first-order valence-electron chi connectivity index (χ1n) is 8.79. The zero-order valence-corrected chi connectivity index (χ0v) is 13.8. The van der Waals surface area contributed by atoms with E-state index in [1.165, 1.54) is 12.1 Å². The molecule has 1 N–H and O–H groups in total. The first kappa shape index (κ1) is 16.9. The molecule has 4 nitrogen and oxygen atoms in total. The summed E-state index contributed by atoms with van der Waals surface area (Å²) in [5, 5.41) is 9.44. The molecule has 3 atom stereocenters. The Labute approximate surface area is 141 Å². The van der Waals surface area contributed by atoms with Crippen LogP contribution >= 0.6 is 0 Å². The molecule has 1 aromatic rings. The second-order valence-electron chi connectivity index (χ2n) is 7.05. The van der Waals surface area contributed by atoms with Crippen molar-refractivity contribution in [3.05, 3.63) is 35.6 Å². The smallest absolute Gasteiger partial charge is 0.306 e. The summed E-state index contributed by atoms with van der Waals surface area (Å²) in [5.41, 5.74) is 0.945. The standard InChI is InChI=1S/C19H24FNO3/c20-15-7-4-13(5-8-15)6-9-18(22)21-11-10-14-2-1-3-16(19(23)24)17(14)12-21/h4-5,7-8,14,16-17H,1-3,6,9-12H2,(H,23,24). The van der Waals surface area contributed by atoms with E-state index in [-0.39, 0.29) is 23.6 Å². The Balaban J connectivity index is 1.57. The molecule has 1 aliphatic heterocycles. The van der Waals surface area contributed by atoms with Gasteiger partial charge in [-0.05, 0) is 55.2 Å². The van der Waals surface area contributed by atoms with Crippen molar-refractivity contribution in [3.8, 4) is 0 Å². The quantitative estimate of drug-likeness (QED) is 0.921. The van der Waals surface area contributed by atoms with Gasteiger partial charge < -0.3 is 10.0 Å². The van der Waals surface area contributed by atoms with Crippen LogP contribution < -0.4 is 0 Å². The fourth-order valence-electron chi connectivity index (χ4n) is 4.25. The summed E-state index contributed by atoms with van der Waals surface area (Å²) in [5.74, 6) is -0.681. The molecule has 130 valence electrons. The zero-order valence-electron chi connectivity index (χ0n) is 13.8. The number of halogens is 1. The summed E-state index contributed by atoms with van der Waals surface area (Å²) in [6.45, 7) is 1.31. The summed E-state index contributed by atoms with van der Waals surface area (Å²) >= 11 is 0. The molecular formula is C19H24FNO3. The third-order valence-electron chi connectivity index (χ3n) is 5.62. The van der Waals surface area contributed by atoms with Crippen LogP contribution in [0.5, 0.6) is 0 Å². The summed E-state index contributed by atoms with van der Waals surface area (Å²) in [4.78, 5) is 25.8. The number of hydrogen-bond donors (Lipinski definition) is 1. The largest absolute Gasteiger partial charge is 0.481 e. The normalized spacial score (nSPS) is 26.7. The molecule has 0 aromatic heterocycles. The van der Waals surface area contributed by atoms with Crippen LogP contribution in [0.15, 0.2) is 24.3 Å². The molecule has 0 spiro atoms. The first-order chi connectivity index (χ1) is 11.5. The van der Waals surface area contributed by atoms with E-state index in [0.717, 1.165) is 37.8 Å². The third-order valence-corrected chi connectivity index (χ3v) is 5.62. The lowest BCUT2D eigenvalue weighted by molar-refractivity contribution is -0.150. The monoisotopic (exact) mass is 333 g/mol. The molecule has 0 bridgehead atoms. The van der Waals surface area contributed by atoms with Crippen molar-refractivity contribution in [2.45, 2.75) is 38.5 Å². The molecule has 2 fully saturated rings. The number of aliphatic carboxylic acids is 1. The molecule has 3 unspecified atom stereocenters. The number of piperidine rings is 1. The van der Waals surface area contributed by atoms with Gasteiger partial charge in [-0.2, -0.15) is 0 Å². The minimum absolute atomic E-state index is 0.0764. The summed E-state index contributed by atoms with van der Waals surface area (Å²) < 4.78 is 12.9. The van der Waals surface area contributed by atoms with Crippen LogP contribution in [0.4, 0.5) is 4.39 Å². The maximum Gasteiger partial charge on any atom is 0.306 e. The van der Waals surface area contributed by atoms with Crippen molar-refractivity contribution < 1.29 is 19.1 Å². The van der Waals surface area contributed by atoms with E-state index in [2.05, 4.69) is 0 Å². The number of carboxylic acid groups (broad SMARTS) is 1. The number of hydrogen-bond acceptors (Lipinski definition) is 2. The fraction of sp³-hybridized carbons (Fsp3) is 0.579. The molecule has 2 aliphatic rings. The van der Waals surface area contributed by atoms with Crippen LogP contribution in [0, 0.1) is 23.6 Å². The van der Waals surface area contributed by atoms with Crippen molar-refractivity contribution in [2.75, 3.05) is 13.1 Å². The van der Waals surface area contributed by atoms with E-state index >= 15 is 0 Å². The molecule has 1 saturated heterocycles. The van der Waals surface area contributed by atoms with Gasteiger partial charge in [-0.1, -0.05) is 18.6 Å². The topological polar surface area (TPSA) is 57.6 Å². The van der Waals surface area contributed by atoms with Gasteiger partial charge in [0.1, 0.15) is 5.82 Å². The van der Waals surface area contributed by atoms with Crippen LogP contribution in [-0.2, 0) is 16.0 Å². The van der Waals surface area contributed by atoms with Gasteiger partial charge in [-0.25, -0.2) is 4.39 Å². The predicted molar refractivity (Wildman–Crippen MR) is 87.9 cm³/mol. The van der Waals surface area contributed by atoms with Gasteiger partial charge >= 0.3 is 5.97 Å². The van der Waals surface area contributed by atoms with Crippen molar-refractivity contribution in [3.63, 3.8) is 0 Å². The fourth-order valence-corrected chi connectivity index (χ4v) is 4.25. The Morgan fingerprint density at radius 2 is 1.92 bits per heavy atom. The zero-order chi connectivity index (χ0) is 17.1. The van der Waals surface area contributed by atoms with Gasteiger partial charge in [-0.3, -0.25) is 9.59 Å². The third kappa shape index (κ3) is 3.77. The van der Waals surface area contributed by atoms with Crippen LogP contribution in [-0.4, -0.2) is 35.0 Å². The molecular weight excluding hydrogens is 309 g/mol. The van der Waals surface area contributed by atoms with E-state index in [9.17, 15) is 19.1 Å². The van der Waals surface area contributed by atoms with E-state index in [4.69, 9.17) is 0 Å². The Hall–Kier alpha value is -1.91. The number of benzene rings is 1. The molecule has 0 radical (unpaired) electrons. The van der Waals surface area contributed by atoms with Crippen LogP contribution in [0.25, 0.3) is 0 Å². The summed E-state index contributed by atoms with van der Waals surface area (Å²) in [6, 6.07) is 6.22. The van der Waals surface area contributed by atoms with Gasteiger partial charge in [0.05, 0.1) is 5.92 Å². The number of carbonyl (C=O) groups excluding carboxylic acids is 1. The lowest BCUT2D eigenvalue weighted by atomic mass is 9.69. The van der Waals surface area contributed by atoms with E-state index in [1.54, 1.807) is 12.1 Å². The van der Waals surface area contributed by atoms with Gasteiger partial charge in [0.2, 0.25) is 5.91 Å². The number of likely N-dealkylation sites (tertiary alicyclic amines) is 1. The average Bonchev–Trinajstić information content (AvgIpc) is 2.59. The van der Waals surface area contributed by atoms with Crippen molar-refractivity contribution >= 4 is 11.9 Å². The molecule has 1 amide bonds. The lowest BCUT2D eigenvalue weighted by Gasteiger charge is -2.44. The molecule has 1 aliphatic carbocycles. The number of aryl methyl sites for hydroxylation is 1. The molecule has 1 aromatic carbocycles. The SMILES string of the molecule is O=C(O)C1CCCC2CCN(C(=O)CCc3ccc(F)cc3)CC21. The predicted octanol–water partition coefficient (Wildman–Crippen LogP) is 3.11. The van der Waals surface area contributed by atoms with Gasteiger partial charge in [0.25, 0.3) is 0 Å². The highest BCUT2D eigenvalue weighted by atomic mass is 19.1. The first-order valence-corrected chi connectivity index (χ1v) is 8.79. The minimum atomic E-state index is -0.717. The Morgan fingerprint density at radius 3 is 2.62 bits per heavy atom. The second kappa shape index (κ2) is 7.32. The van der Waals surface area contributed by atoms with Gasteiger partial charge in [-0.15, -0.1) is 0 Å². The second-order valence-corrected chi connectivity index (χ2v) is 7.05. The summed E-state index contributed by atoms with van der Waals surface area (Å²) in [6.07, 6.45) is 4.69. The van der Waals surface area contributed by atoms with Crippen molar-refractivity contribution in [1.29, 1.82) is 0 Å². The van der Waals surface area contributed by atoms with E-state index in [0.29, 0.717) is 25.3 Å². The lowest BCUT2D eigenvalue weighted by Crippen LogP contribution is -2.49. The van der Waals surface area contributed by atoms with Crippen LogP contribution in [0.2, 0.25) is 0 Å². The maximum atomic E-state index is 12.9. The average molecular weight is 333 g/mol. The molecule has 1 saturated carbocycles. The highest BCUT2D eigenvalue weighted by Crippen LogP contribution is 2.40. The van der Waals surface area contributed by atoms with Crippen molar-refractivity contribution in [1.82, 2.24) is 4.90 Å². The van der Waals surface area contributed by atoms with Crippen molar-refractivity contribution in [2.24, 2.45) is 17.8 Å². The number of carboxylic acids is 1. The van der Waals surface area contributed by atoms with E-state index in [1.807, 2.05) is 4.90 Å². The van der Waals surface area contributed by atoms with Crippen LogP contribution in [0.3, 0.4) is 0 Å². The molecule has 3 rings (SSSR count). The minimum Gasteiger partial charge on any atom is -0.481 e. The number of amides is 1. The van der Waals surface area contributed by atoms with Gasteiger partial charge in [0, 0.05) is 19.5 Å². The van der Waals surface area contributed by atoms with Gasteiger partial charge in [0.15, 0.2) is 0 Å². The molecule has 1 heterocycles. The molecule has 5 heteroatoms. The van der Waals surface area contributed by atoms with E-state index < -0.39 is 5.97 Å². The van der Waals surface area contributed by atoms with Crippen LogP contribution in [0.1, 0.15) is 37.7 Å². The summed E-state index contributed by atoms with van der Waals surface area (Å²) in [7, 11) is 0. The highest BCUT2D eigenvalue weighted by Gasteiger charge is 2.41. The maximum absolute atomic E-state index is 12.9. The Kier molecular flexibility index (Phi) is 5.17. The Bertz CT molecular complexity index is 601. The number of carbonyl (C=O) groups is 2. The highest BCUT2D eigenvalue weighted by molar-refractivity contribution is 5.77. The number of rotatable bonds is 4. The number of fused-ring (bicyclic) bond motifs is 1. The number of nitrogens with zero attached hydrogens (tertiary/aromatic N) is 1. The Morgan fingerprint density at radius 1 is 1.17 bits per heavy atom. The molecule has 24 heavy (non-hydrogen) atoms.